The molecule has 0 spiro atoms. The lowest BCUT2D eigenvalue weighted by molar-refractivity contribution is 0.667. The van der Waals surface area contributed by atoms with E-state index in [2.05, 4.69) is 377 Å². The van der Waals surface area contributed by atoms with Gasteiger partial charge in [0.2, 0.25) is 0 Å². The van der Waals surface area contributed by atoms with E-state index in [0.717, 1.165) is 183 Å². The molecule has 0 aliphatic heterocycles. The van der Waals surface area contributed by atoms with Gasteiger partial charge in [0.1, 0.15) is 39.1 Å². The van der Waals surface area contributed by atoms with Crippen LogP contribution < -0.4 is 0 Å². The number of hydrogen-bond acceptors (Lipinski definition) is 10. The molecule has 1 unspecified atom stereocenters. The molecule has 0 bridgehead atoms. The predicted molar refractivity (Wildman–Crippen MR) is 545 cm³/mol. The summed E-state index contributed by atoms with van der Waals surface area (Å²) in [4.78, 5) is 31.4. The van der Waals surface area contributed by atoms with Gasteiger partial charge in [-0.25, -0.2) is 29.9 Å². The van der Waals surface area contributed by atoms with E-state index in [1.54, 1.807) is 11.3 Å². The monoisotopic (exact) mass is 1700 g/mol. The van der Waals surface area contributed by atoms with Crippen molar-refractivity contribution >= 4 is 130 Å². The molecule has 0 saturated heterocycles. The quantitative estimate of drug-likeness (QED) is 0.117. The minimum absolute atomic E-state index is 0.400. The first-order valence-corrected chi connectivity index (χ1v) is 45.3. The molecular weight excluding hydrogens is 1630 g/mol. The summed E-state index contributed by atoms with van der Waals surface area (Å²) in [5, 5.41) is 14.1. The molecular formula is C122H76N6O3S. The molecule has 0 N–H and O–H groups in total. The molecule has 132 heavy (non-hydrogen) atoms. The topological polar surface area (TPSA) is 117 Å². The van der Waals surface area contributed by atoms with E-state index in [-0.39, 0.29) is 0 Å². The summed E-state index contributed by atoms with van der Waals surface area (Å²) in [5.41, 5.74) is 30.4. The lowest BCUT2D eigenvalue weighted by Gasteiger charge is -2.29. The standard InChI is InChI=1S/C44H30N2.C40H24N2O2.C38H22N2OS/c1-44(34-20-6-3-7-21-34)38-25-11-10-23-37(38)42-40(44)41(31-15-4-2-5-16-31)45-43(46-42)33-19-12-18-32(28-33)36-24-13-17-30-27-26-29-14-8-9-22-35(29)39(30)36;1-2-9-26(10-3-1)37-39-38(32-14-5-7-16-35(32)44-39)42-40(41-37)27-19-17-25(18-20-27)28-11-8-12-29(23-28)30-21-22-36-33(24-30)31-13-4-6-15-34(31)43-36;1-2-11-24(12-3-1)35-37-36(34-27-15-5-4-10-23(27)20-21-32(34)42-37)40-38(39-35)26-14-8-13-25(22-26)28-17-9-19-31-33(28)29-16-6-7-18-30(29)41-31/h2-28H,1H3;1-24H;1-22H. The molecule has 26 aromatic rings. The zero-order chi connectivity index (χ0) is 87.3. The van der Waals surface area contributed by atoms with Crippen molar-refractivity contribution in [1.29, 1.82) is 0 Å². The smallest absolute Gasteiger partial charge is 0.180 e. The van der Waals surface area contributed by atoms with Crippen LogP contribution in [0.15, 0.2) is 456 Å². The number of benzene rings is 19. The van der Waals surface area contributed by atoms with Crippen LogP contribution in [0.2, 0.25) is 0 Å². The zero-order valence-corrected chi connectivity index (χ0v) is 72.3. The molecule has 9 nitrogen and oxygen atoms in total. The van der Waals surface area contributed by atoms with Crippen molar-refractivity contribution < 1.29 is 13.3 Å². The SMILES string of the molecule is CC1(c2ccccc2)c2ccccc2-c2nc(-c3cccc(-c4cccc5ccc6ccccc6c45)c3)nc(-c3ccccc3)c21.c1ccc(-c2nc(-c3ccc(-c4cccc(-c5ccc6oc7ccccc7c6c5)c4)cc3)nc3c2oc2ccccc23)cc1.c1ccc(-c2nc(-c3cccc(-c4cccc5oc6ccccc6c45)c3)nc3c2sc2ccc4ccccc4c23)cc1. The van der Waals surface area contributed by atoms with E-state index in [9.17, 15) is 0 Å². The van der Waals surface area contributed by atoms with Gasteiger partial charge in [0.15, 0.2) is 23.1 Å². The number of hydrogen-bond donors (Lipinski definition) is 0. The molecule has 27 rings (SSSR count). The fraction of sp³-hybridized carbons (Fsp3) is 0.0164. The van der Waals surface area contributed by atoms with Crippen LogP contribution in [-0.4, -0.2) is 29.9 Å². The van der Waals surface area contributed by atoms with Gasteiger partial charge in [0, 0.05) is 86.9 Å². The molecule has 0 amide bonds. The molecule has 7 heterocycles. The van der Waals surface area contributed by atoms with Gasteiger partial charge in [-0.05, 0) is 162 Å². The maximum absolute atomic E-state index is 6.26. The van der Waals surface area contributed by atoms with Gasteiger partial charge >= 0.3 is 0 Å². The molecule has 618 valence electrons. The van der Waals surface area contributed by atoms with Crippen molar-refractivity contribution in [2.75, 3.05) is 0 Å². The number of fused-ring (bicyclic) bond motifs is 20. The second-order valence-electron chi connectivity index (χ2n) is 33.9. The van der Waals surface area contributed by atoms with Crippen LogP contribution in [0.1, 0.15) is 23.6 Å². The number of nitrogens with zero attached hydrogens (tertiary/aromatic N) is 6. The van der Waals surface area contributed by atoms with Crippen LogP contribution in [0, 0.1) is 0 Å². The molecule has 7 aromatic heterocycles. The highest BCUT2D eigenvalue weighted by Gasteiger charge is 2.45. The molecule has 0 radical (unpaired) electrons. The molecule has 1 aliphatic carbocycles. The maximum atomic E-state index is 6.26. The number of thiophene rings is 1. The second kappa shape index (κ2) is 32.0. The van der Waals surface area contributed by atoms with Gasteiger partial charge in [0.05, 0.1) is 27.3 Å². The number of furan rings is 3. The van der Waals surface area contributed by atoms with E-state index in [1.165, 1.54) is 64.7 Å². The normalized spacial score (nSPS) is 12.9. The lowest BCUT2D eigenvalue weighted by atomic mass is 9.73. The summed E-state index contributed by atoms with van der Waals surface area (Å²) in [6, 6.07) is 155. The van der Waals surface area contributed by atoms with Crippen LogP contribution >= 0.6 is 11.3 Å². The van der Waals surface area contributed by atoms with Gasteiger partial charge in [-0.3, -0.25) is 0 Å². The summed E-state index contributed by atoms with van der Waals surface area (Å²) in [7, 11) is 0. The first-order chi connectivity index (χ1) is 65.3. The average molecular weight is 1710 g/mol. The van der Waals surface area contributed by atoms with E-state index in [1.807, 2.05) is 72.8 Å². The minimum Gasteiger partial charge on any atom is -0.456 e. The second-order valence-corrected chi connectivity index (χ2v) is 34.9. The van der Waals surface area contributed by atoms with Gasteiger partial charge in [-0.15, -0.1) is 11.3 Å². The number of rotatable bonds is 11. The summed E-state index contributed by atoms with van der Waals surface area (Å²) in [6.07, 6.45) is 0. The van der Waals surface area contributed by atoms with Gasteiger partial charge < -0.3 is 13.3 Å². The van der Waals surface area contributed by atoms with Crippen molar-refractivity contribution in [1.82, 2.24) is 29.9 Å². The highest BCUT2D eigenvalue weighted by atomic mass is 32.1. The highest BCUT2D eigenvalue weighted by Crippen LogP contribution is 2.56. The number of aromatic nitrogens is 6. The van der Waals surface area contributed by atoms with Crippen LogP contribution in [0.4, 0.5) is 0 Å². The van der Waals surface area contributed by atoms with E-state index in [0.29, 0.717) is 11.4 Å². The third-order valence-electron chi connectivity index (χ3n) is 26.1. The first kappa shape index (κ1) is 77.2. The van der Waals surface area contributed by atoms with E-state index in [4.69, 9.17) is 43.2 Å². The Morgan fingerprint density at radius 1 is 0.227 bits per heavy atom. The summed E-state index contributed by atoms with van der Waals surface area (Å²) in [6.45, 7) is 2.33. The molecule has 10 heteroatoms. The Balaban J connectivity index is 0.000000106. The third-order valence-corrected chi connectivity index (χ3v) is 27.3. The average Bonchev–Trinajstić information content (AvgIpc) is 1.54. The van der Waals surface area contributed by atoms with Gasteiger partial charge in [-0.1, -0.05) is 376 Å². The van der Waals surface area contributed by atoms with E-state index >= 15 is 0 Å². The molecule has 19 aromatic carbocycles. The maximum Gasteiger partial charge on any atom is 0.180 e. The molecule has 1 atom stereocenters. The first-order valence-electron chi connectivity index (χ1n) is 44.5. The fourth-order valence-corrected chi connectivity index (χ4v) is 21.0. The van der Waals surface area contributed by atoms with Crippen molar-refractivity contribution in [3.63, 3.8) is 0 Å². The molecule has 0 saturated carbocycles. The summed E-state index contributed by atoms with van der Waals surface area (Å²) in [5.74, 6) is 2.13. The third kappa shape index (κ3) is 13.3. The Labute approximate surface area is 763 Å². The van der Waals surface area contributed by atoms with E-state index < -0.39 is 5.41 Å². The largest absolute Gasteiger partial charge is 0.456 e. The van der Waals surface area contributed by atoms with Crippen molar-refractivity contribution in [3.05, 3.63) is 460 Å². The van der Waals surface area contributed by atoms with Crippen LogP contribution in [0.25, 0.3) is 242 Å². The van der Waals surface area contributed by atoms with Crippen molar-refractivity contribution in [2.24, 2.45) is 0 Å². The van der Waals surface area contributed by atoms with Crippen LogP contribution in [-0.2, 0) is 5.41 Å². The fourth-order valence-electron chi connectivity index (χ4n) is 19.8. The Morgan fingerprint density at radius 2 is 0.644 bits per heavy atom. The predicted octanol–water partition coefficient (Wildman–Crippen LogP) is 33.0. The summed E-state index contributed by atoms with van der Waals surface area (Å²) >= 11 is 1.77. The summed E-state index contributed by atoms with van der Waals surface area (Å²) < 4.78 is 20.8. The highest BCUT2D eigenvalue weighted by molar-refractivity contribution is 7.26. The molecule has 1 aliphatic rings. The van der Waals surface area contributed by atoms with Gasteiger partial charge in [-0.2, -0.15) is 0 Å². The van der Waals surface area contributed by atoms with Gasteiger partial charge in [0.25, 0.3) is 0 Å². The minimum atomic E-state index is -0.400. The van der Waals surface area contributed by atoms with Crippen LogP contribution in [0.3, 0.4) is 0 Å². The van der Waals surface area contributed by atoms with Crippen LogP contribution in [0.5, 0.6) is 0 Å². The Bertz CT molecular complexity index is 9060. The van der Waals surface area contributed by atoms with Crippen molar-refractivity contribution in [3.8, 4) is 124 Å². The Kier molecular flexibility index (Phi) is 18.7. The lowest BCUT2D eigenvalue weighted by Crippen LogP contribution is -2.24. The van der Waals surface area contributed by atoms with Crippen molar-refractivity contribution in [2.45, 2.75) is 12.3 Å². The zero-order valence-electron chi connectivity index (χ0n) is 71.5. The number of para-hydroxylation sites is 3. The Morgan fingerprint density at radius 3 is 1.35 bits per heavy atom. The Hall–Kier alpha value is -17.2. The molecule has 0 fully saturated rings.